The molecule has 0 saturated carbocycles. The Labute approximate surface area is 156 Å². The van der Waals surface area contributed by atoms with E-state index in [0.717, 1.165) is 16.1 Å². The summed E-state index contributed by atoms with van der Waals surface area (Å²) in [5.41, 5.74) is 1.56. The molecule has 3 aromatic rings. The number of hydrogen-bond donors (Lipinski definition) is 1. The summed E-state index contributed by atoms with van der Waals surface area (Å²) >= 11 is 1.59. The highest BCUT2D eigenvalue weighted by Crippen LogP contribution is 2.27. The smallest absolute Gasteiger partial charge is 0.227 e. The Bertz CT molecular complexity index is 895. The van der Waals surface area contributed by atoms with Crippen LogP contribution in [0.1, 0.15) is 12.3 Å². The number of nitrogens with zero attached hydrogens (tertiary/aromatic N) is 2. The molecule has 0 fully saturated rings. The van der Waals surface area contributed by atoms with Gasteiger partial charge in [-0.25, -0.2) is 0 Å². The van der Waals surface area contributed by atoms with Crippen molar-refractivity contribution in [3.8, 4) is 17.1 Å². The SMILES string of the molecule is COc1ccccc1-c1noc(CCC(=O)Nc2ccccc2SC)n1. The van der Waals surface area contributed by atoms with Crippen molar-refractivity contribution in [3.63, 3.8) is 0 Å². The minimum Gasteiger partial charge on any atom is -0.496 e. The largest absolute Gasteiger partial charge is 0.496 e. The molecule has 2 aromatic carbocycles. The number of methoxy groups -OCH3 is 1. The molecule has 1 aromatic heterocycles. The van der Waals surface area contributed by atoms with E-state index in [0.29, 0.717) is 23.9 Å². The summed E-state index contributed by atoms with van der Waals surface area (Å²) in [6.45, 7) is 0. The normalized spacial score (nSPS) is 10.5. The summed E-state index contributed by atoms with van der Waals surface area (Å²) in [6, 6.07) is 15.1. The van der Waals surface area contributed by atoms with E-state index in [-0.39, 0.29) is 12.3 Å². The number of hydrogen-bond acceptors (Lipinski definition) is 6. The summed E-state index contributed by atoms with van der Waals surface area (Å²) in [5.74, 6) is 1.44. The van der Waals surface area contributed by atoms with Gasteiger partial charge < -0.3 is 14.6 Å². The first-order valence-corrected chi connectivity index (χ1v) is 9.32. The molecule has 1 N–H and O–H groups in total. The summed E-state index contributed by atoms with van der Waals surface area (Å²) in [4.78, 5) is 17.6. The molecule has 0 aliphatic heterocycles. The van der Waals surface area contributed by atoms with E-state index < -0.39 is 0 Å². The quantitative estimate of drug-likeness (QED) is 0.634. The minimum absolute atomic E-state index is 0.0939. The zero-order valence-electron chi connectivity index (χ0n) is 14.6. The summed E-state index contributed by atoms with van der Waals surface area (Å²) in [7, 11) is 1.59. The van der Waals surface area contributed by atoms with Gasteiger partial charge in [-0.05, 0) is 30.5 Å². The molecule has 134 valence electrons. The Morgan fingerprint density at radius 2 is 1.96 bits per heavy atom. The second kappa shape index (κ2) is 8.53. The van der Waals surface area contributed by atoms with E-state index in [9.17, 15) is 4.79 Å². The molecule has 0 spiro atoms. The number of para-hydroxylation sites is 2. The number of anilines is 1. The Hall–Kier alpha value is -2.80. The van der Waals surface area contributed by atoms with Crippen LogP contribution in [0.2, 0.25) is 0 Å². The number of amides is 1. The molecular formula is C19H19N3O3S. The first-order chi connectivity index (χ1) is 12.7. The molecule has 1 heterocycles. The van der Waals surface area contributed by atoms with Crippen molar-refractivity contribution in [1.82, 2.24) is 10.1 Å². The highest BCUT2D eigenvalue weighted by atomic mass is 32.2. The fourth-order valence-electron chi connectivity index (χ4n) is 2.48. The van der Waals surface area contributed by atoms with E-state index in [2.05, 4.69) is 15.5 Å². The average molecular weight is 369 g/mol. The summed E-state index contributed by atoms with van der Waals surface area (Å²) in [6.07, 6.45) is 2.61. The monoisotopic (exact) mass is 369 g/mol. The van der Waals surface area contributed by atoms with Gasteiger partial charge in [-0.3, -0.25) is 4.79 Å². The lowest BCUT2D eigenvalue weighted by atomic mass is 10.2. The van der Waals surface area contributed by atoms with Gasteiger partial charge >= 0.3 is 0 Å². The van der Waals surface area contributed by atoms with Crippen molar-refractivity contribution in [2.45, 2.75) is 17.7 Å². The molecule has 3 rings (SSSR count). The number of carbonyl (C=O) groups is 1. The van der Waals surface area contributed by atoms with Crippen molar-refractivity contribution in [2.24, 2.45) is 0 Å². The van der Waals surface area contributed by atoms with Crippen LogP contribution in [0.4, 0.5) is 5.69 Å². The number of ether oxygens (including phenoxy) is 1. The third kappa shape index (κ3) is 4.23. The van der Waals surface area contributed by atoms with Crippen LogP contribution in [-0.4, -0.2) is 29.4 Å². The molecule has 0 aliphatic carbocycles. The average Bonchev–Trinajstić information content (AvgIpc) is 3.15. The highest BCUT2D eigenvalue weighted by Gasteiger charge is 2.14. The van der Waals surface area contributed by atoms with Crippen LogP contribution >= 0.6 is 11.8 Å². The van der Waals surface area contributed by atoms with Gasteiger partial charge in [0.05, 0.1) is 18.4 Å². The Kier molecular flexibility index (Phi) is 5.91. The van der Waals surface area contributed by atoms with Crippen molar-refractivity contribution in [2.75, 3.05) is 18.7 Å². The van der Waals surface area contributed by atoms with E-state index in [4.69, 9.17) is 9.26 Å². The molecule has 0 unspecified atom stereocenters. The molecule has 0 aliphatic rings. The Morgan fingerprint density at radius 3 is 2.77 bits per heavy atom. The van der Waals surface area contributed by atoms with Gasteiger partial charge in [-0.15, -0.1) is 11.8 Å². The number of nitrogens with one attached hydrogen (secondary N) is 1. The maximum Gasteiger partial charge on any atom is 0.227 e. The van der Waals surface area contributed by atoms with Gasteiger partial charge in [0.1, 0.15) is 5.75 Å². The predicted molar refractivity (Wildman–Crippen MR) is 101 cm³/mol. The van der Waals surface area contributed by atoms with Crippen LogP contribution in [0.5, 0.6) is 5.75 Å². The molecule has 7 heteroatoms. The molecule has 0 saturated heterocycles. The number of aryl methyl sites for hydroxylation is 1. The van der Waals surface area contributed by atoms with Crippen LogP contribution in [-0.2, 0) is 11.2 Å². The maximum atomic E-state index is 12.2. The van der Waals surface area contributed by atoms with E-state index in [1.54, 1.807) is 18.9 Å². The number of aromatic nitrogens is 2. The van der Waals surface area contributed by atoms with Crippen LogP contribution in [0, 0.1) is 0 Å². The second-order valence-electron chi connectivity index (χ2n) is 5.46. The lowest BCUT2D eigenvalue weighted by Crippen LogP contribution is -2.13. The molecule has 1 amide bonds. The van der Waals surface area contributed by atoms with Gasteiger partial charge in [0, 0.05) is 17.7 Å². The van der Waals surface area contributed by atoms with Crippen LogP contribution < -0.4 is 10.1 Å². The molecule has 26 heavy (non-hydrogen) atoms. The minimum atomic E-state index is -0.0939. The lowest BCUT2D eigenvalue weighted by Gasteiger charge is -2.08. The maximum absolute atomic E-state index is 12.2. The van der Waals surface area contributed by atoms with Crippen molar-refractivity contribution in [3.05, 3.63) is 54.4 Å². The van der Waals surface area contributed by atoms with Crippen molar-refractivity contribution in [1.29, 1.82) is 0 Å². The fourth-order valence-corrected chi connectivity index (χ4v) is 3.03. The van der Waals surface area contributed by atoms with Crippen LogP contribution in [0.3, 0.4) is 0 Å². The first kappa shape index (κ1) is 18.0. The van der Waals surface area contributed by atoms with Crippen LogP contribution in [0.15, 0.2) is 57.9 Å². The third-order valence-electron chi connectivity index (χ3n) is 3.76. The van der Waals surface area contributed by atoms with E-state index in [1.807, 2.05) is 54.8 Å². The van der Waals surface area contributed by atoms with E-state index >= 15 is 0 Å². The zero-order chi connectivity index (χ0) is 18.4. The highest BCUT2D eigenvalue weighted by molar-refractivity contribution is 7.98. The predicted octanol–water partition coefficient (Wildman–Crippen LogP) is 4.04. The Morgan fingerprint density at radius 1 is 1.19 bits per heavy atom. The van der Waals surface area contributed by atoms with E-state index in [1.165, 1.54) is 0 Å². The van der Waals surface area contributed by atoms with Gasteiger partial charge in [-0.2, -0.15) is 4.98 Å². The Balaban J connectivity index is 1.62. The molecular weight excluding hydrogens is 350 g/mol. The number of thioether (sulfide) groups is 1. The molecule has 0 radical (unpaired) electrons. The lowest BCUT2D eigenvalue weighted by molar-refractivity contribution is -0.116. The molecule has 6 nitrogen and oxygen atoms in total. The molecule has 0 atom stereocenters. The zero-order valence-corrected chi connectivity index (χ0v) is 15.4. The van der Waals surface area contributed by atoms with Gasteiger partial charge in [-0.1, -0.05) is 29.4 Å². The van der Waals surface area contributed by atoms with Gasteiger partial charge in [0.2, 0.25) is 17.6 Å². The topological polar surface area (TPSA) is 77.2 Å². The standard InChI is InChI=1S/C19H19N3O3S/c1-24-15-9-5-3-7-13(15)19-21-18(25-22-19)12-11-17(23)20-14-8-4-6-10-16(14)26-2/h3-10H,11-12H2,1-2H3,(H,20,23). The number of carbonyl (C=O) groups excluding carboxylic acids is 1. The third-order valence-corrected chi connectivity index (χ3v) is 4.56. The fraction of sp³-hybridized carbons (Fsp3) is 0.211. The van der Waals surface area contributed by atoms with Crippen LogP contribution in [0.25, 0.3) is 11.4 Å². The van der Waals surface area contributed by atoms with Crippen molar-refractivity contribution >= 4 is 23.4 Å². The number of benzene rings is 2. The van der Waals surface area contributed by atoms with Gasteiger partial charge in [0.25, 0.3) is 0 Å². The molecule has 0 bridgehead atoms. The summed E-state index contributed by atoms with van der Waals surface area (Å²) < 4.78 is 10.6. The van der Waals surface area contributed by atoms with Crippen molar-refractivity contribution < 1.29 is 14.1 Å². The van der Waals surface area contributed by atoms with Gasteiger partial charge in [0.15, 0.2) is 0 Å². The second-order valence-corrected chi connectivity index (χ2v) is 6.31. The first-order valence-electron chi connectivity index (χ1n) is 8.10. The number of rotatable bonds is 7. The summed E-state index contributed by atoms with van der Waals surface area (Å²) in [5, 5.41) is 6.90.